The molecule has 26 heteroatoms. The van der Waals surface area contributed by atoms with Gasteiger partial charge in [0.15, 0.2) is 5.78 Å². The molecule has 3 amide bonds. The van der Waals surface area contributed by atoms with E-state index in [1.165, 1.54) is 24.3 Å². The van der Waals surface area contributed by atoms with Gasteiger partial charge in [0, 0.05) is 167 Å². The molecule has 8 aromatic carbocycles. The van der Waals surface area contributed by atoms with Crippen LogP contribution in [-0.2, 0) is 77.9 Å². The Morgan fingerprint density at radius 2 is 0.868 bits per heavy atom. The number of benzene rings is 8. The van der Waals surface area contributed by atoms with E-state index >= 15 is 0 Å². The fourth-order valence-corrected chi connectivity index (χ4v) is 23.7. The molecule has 3 atom stereocenters. The number of aryl methyl sites for hydroxylation is 2. The Kier molecular flexibility index (Phi) is 25.2. The van der Waals surface area contributed by atoms with Gasteiger partial charge in [0.1, 0.15) is 15.8 Å². The van der Waals surface area contributed by atoms with Gasteiger partial charge in [-0.3, -0.25) is 28.8 Å². The molecule has 0 spiro atoms. The van der Waals surface area contributed by atoms with Crippen LogP contribution in [0.15, 0.2) is 183 Å². The molecule has 0 saturated carbocycles. The number of hydrogen-bond acceptors (Lipinski definition) is 17. The quantitative estimate of drug-likeness (QED) is 0.0413. The highest BCUT2D eigenvalue weighted by Crippen LogP contribution is 2.44. The molecule has 114 heavy (non-hydrogen) atoms. The third kappa shape index (κ3) is 16.6. The van der Waals surface area contributed by atoms with Gasteiger partial charge in [-0.15, -0.1) is 22.7 Å². The van der Waals surface area contributed by atoms with E-state index in [1.807, 2.05) is 134 Å². The van der Waals surface area contributed by atoms with Crippen LogP contribution in [0.5, 0.6) is 0 Å². The van der Waals surface area contributed by atoms with E-state index in [1.54, 1.807) is 95.9 Å². The number of sulfonamides is 3. The summed E-state index contributed by atoms with van der Waals surface area (Å²) in [5.74, 6) is -0.861. The van der Waals surface area contributed by atoms with Gasteiger partial charge in [0.25, 0.3) is 27.7 Å². The van der Waals surface area contributed by atoms with Crippen LogP contribution in [0, 0.1) is 25.7 Å². The summed E-state index contributed by atoms with van der Waals surface area (Å²) in [7, 11) is -6.15. The zero-order chi connectivity index (χ0) is 80.2. The smallest absolute Gasteiger partial charge is 0.258 e. The van der Waals surface area contributed by atoms with E-state index in [0.29, 0.717) is 108 Å². The maximum Gasteiger partial charge on any atom is 0.258 e. The summed E-state index contributed by atoms with van der Waals surface area (Å²) >= 11 is 2.85. The summed E-state index contributed by atoms with van der Waals surface area (Å²) in [4.78, 5) is 87.8. The summed E-state index contributed by atoms with van der Waals surface area (Å²) in [5, 5.41) is 7.33. The van der Waals surface area contributed by atoms with Crippen molar-refractivity contribution < 1.29 is 68.2 Å². The van der Waals surface area contributed by atoms with Crippen molar-refractivity contribution in [2.75, 3.05) is 108 Å². The molecule has 10 aromatic rings. The van der Waals surface area contributed by atoms with Crippen LogP contribution < -0.4 is 14.7 Å². The highest BCUT2D eigenvalue weighted by molar-refractivity contribution is 7.91. The Morgan fingerprint density at radius 3 is 1.27 bits per heavy atom. The van der Waals surface area contributed by atoms with Gasteiger partial charge < -0.3 is 28.9 Å². The van der Waals surface area contributed by atoms with Gasteiger partial charge in [0.05, 0.1) is 32.9 Å². The summed E-state index contributed by atoms with van der Waals surface area (Å²) in [6.45, 7) is 8.77. The highest BCUT2D eigenvalue weighted by Gasteiger charge is 2.41. The molecule has 3 saturated heterocycles. The molecule has 2 aromatic heterocycles. The number of rotatable bonds is 28. The van der Waals surface area contributed by atoms with Crippen molar-refractivity contribution >= 4 is 137 Å². The first-order valence-electron chi connectivity index (χ1n) is 39.0. The predicted octanol–water partition coefficient (Wildman–Crippen LogP) is 14.7. The lowest BCUT2D eigenvalue weighted by Gasteiger charge is -2.33. The molecule has 596 valence electrons. The SMILES string of the molecule is COCCCN1C(=O)c2cccc3c(CC(=O)C4CCCCN4S(=O)(=O)c4ccc(C)s4)ccc1c23.COCCCN1C(=O)c2cccc3c(CC(=O)C4CCCN(S(=O)(=O)c5ccc(-c6cccs6)cc5)C4)ccc1c23.COCCCN1C(=O)c2cccc3c(CC(=O)C4CCCN(S(=O)(=O)c5ccc(C)cc5)C4)ccc1c23. The third-order valence-electron chi connectivity index (χ3n) is 22.6. The second-order valence-electron chi connectivity index (χ2n) is 30.0. The van der Waals surface area contributed by atoms with Gasteiger partial charge in [-0.25, -0.2) is 25.3 Å². The first-order valence-corrected chi connectivity index (χ1v) is 45.0. The summed E-state index contributed by atoms with van der Waals surface area (Å²) in [6, 6.07) is 49.1. The van der Waals surface area contributed by atoms with E-state index in [4.69, 9.17) is 14.2 Å². The van der Waals surface area contributed by atoms with Gasteiger partial charge in [-0.1, -0.05) is 96.9 Å². The highest BCUT2D eigenvalue weighted by atomic mass is 32.2. The van der Waals surface area contributed by atoms with E-state index in [-0.39, 0.29) is 93.3 Å². The zero-order valence-electron chi connectivity index (χ0n) is 64.7. The van der Waals surface area contributed by atoms with Crippen molar-refractivity contribution in [3.63, 3.8) is 0 Å². The number of piperidine rings is 3. The first-order chi connectivity index (χ1) is 55.0. The lowest BCUT2D eigenvalue weighted by molar-refractivity contribution is -0.124. The lowest BCUT2D eigenvalue weighted by atomic mass is 9.89. The average molecular weight is 1640 g/mol. The number of amides is 3. The fraction of sp³-hybridized carbons (Fsp3) is 0.364. The van der Waals surface area contributed by atoms with E-state index in [0.717, 1.165) is 119 Å². The second kappa shape index (κ2) is 35.2. The Bertz CT molecular complexity index is 5680. The van der Waals surface area contributed by atoms with E-state index in [2.05, 4.69) is 0 Å². The first kappa shape index (κ1) is 81.5. The minimum Gasteiger partial charge on any atom is -0.385 e. The fourth-order valence-electron chi connectivity index (χ4n) is 16.8. The third-order valence-corrected chi connectivity index (χ3v) is 30.7. The van der Waals surface area contributed by atoms with Gasteiger partial charge >= 0.3 is 0 Å². The van der Waals surface area contributed by atoms with Crippen LogP contribution >= 0.6 is 22.7 Å². The number of anilines is 3. The van der Waals surface area contributed by atoms with E-state index < -0.39 is 36.1 Å². The average Bonchev–Trinajstić information content (AvgIpc) is 1.60. The maximum absolute atomic E-state index is 13.6. The number of ketones is 3. The molecule has 0 aliphatic carbocycles. The van der Waals surface area contributed by atoms with Crippen molar-refractivity contribution in [2.24, 2.45) is 11.8 Å². The number of carbonyl (C=O) groups is 6. The number of methoxy groups -OCH3 is 3. The predicted molar refractivity (Wildman–Crippen MR) is 447 cm³/mol. The van der Waals surface area contributed by atoms with Crippen molar-refractivity contribution in [3.05, 3.63) is 213 Å². The summed E-state index contributed by atoms with van der Waals surface area (Å²) in [5.41, 5.74) is 9.09. The molecular weight excluding hydrogens is 1540 g/mol. The van der Waals surface area contributed by atoms with Crippen molar-refractivity contribution in [1.29, 1.82) is 0 Å². The number of Topliss-reactive ketones (excluding diaryl/α,β-unsaturated/α-hetero) is 3. The van der Waals surface area contributed by atoms with Gasteiger partial charge in [-0.2, -0.15) is 12.9 Å². The largest absolute Gasteiger partial charge is 0.385 e. The van der Waals surface area contributed by atoms with Crippen LogP contribution in [0.2, 0.25) is 0 Å². The topological polar surface area (TPSA) is 252 Å². The minimum absolute atomic E-state index is 0.0237. The minimum atomic E-state index is -3.73. The molecule has 0 N–H and O–H groups in total. The van der Waals surface area contributed by atoms with Crippen LogP contribution in [-0.4, -0.2) is 173 Å². The Hall–Kier alpha value is -9.03. The Labute approximate surface area is 674 Å². The number of thiophene rings is 2. The standard InChI is InChI=1S/C32H32N2O5S2.C29H32N2O5S.C27H30N2O5S2/c1-39-18-5-17-34-28-15-12-23(26-7-2-8-27(31(26)28)32(34)36)20-29(35)24-6-3-16-33(21-24)41(37,38)25-13-10-22(11-14-25)30-9-4-19-40-30;1-20-9-12-23(13-10-20)37(34,35)30-15-4-6-22(19-30)27(32)18-21-11-14-26-28-24(21)7-3-8-25(28)29(33)31(26)16-5-17-36-2;1-18-10-13-25(35-18)36(32,33)29-15-4-3-9-22(29)24(30)17-19-11-12-23-26-20(19)7-5-8-21(26)27(31)28(23)14-6-16-34-2/h2,4,7-15,19,24H,3,5-6,16-18,20-21H2,1H3;3,7-14,22H,4-6,15-19H2,1-2H3;5,7-8,10-13,22H,3-4,6,9,14-17H2,1-2H3. The number of hydrogen-bond donors (Lipinski definition) is 0. The molecule has 3 unspecified atom stereocenters. The normalized spacial score (nSPS) is 17.9. The van der Waals surface area contributed by atoms with Crippen LogP contribution in [0.4, 0.5) is 17.1 Å². The lowest BCUT2D eigenvalue weighted by Crippen LogP contribution is -2.48. The monoisotopic (exact) mass is 1630 g/mol. The molecule has 6 aliphatic heterocycles. The van der Waals surface area contributed by atoms with Crippen molar-refractivity contribution in [3.8, 4) is 10.4 Å². The summed E-state index contributed by atoms with van der Waals surface area (Å²) < 4.78 is 100. The molecule has 16 rings (SSSR count). The number of nitrogens with zero attached hydrogens (tertiary/aromatic N) is 6. The van der Waals surface area contributed by atoms with Gasteiger partial charge in [0.2, 0.25) is 20.0 Å². The molecule has 8 heterocycles. The Balaban J connectivity index is 0.000000142. The summed E-state index contributed by atoms with van der Waals surface area (Å²) in [6.07, 6.45) is 7.44. The molecule has 0 bridgehead atoms. The van der Waals surface area contributed by atoms with Crippen molar-refractivity contribution in [2.45, 2.75) is 117 Å². The molecule has 6 aliphatic rings. The van der Waals surface area contributed by atoms with Crippen LogP contribution in [0.25, 0.3) is 42.8 Å². The molecule has 3 fully saturated rings. The molecule has 21 nitrogen and oxygen atoms in total. The maximum atomic E-state index is 13.6. The van der Waals surface area contributed by atoms with Crippen LogP contribution in [0.3, 0.4) is 0 Å². The van der Waals surface area contributed by atoms with Gasteiger partial charge in [-0.05, 0) is 194 Å². The van der Waals surface area contributed by atoms with Crippen LogP contribution in [0.1, 0.15) is 122 Å². The zero-order valence-corrected chi connectivity index (χ0v) is 68.8. The molecule has 0 radical (unpaired) electrons. The second-order valence-corrected chi connectivity index (χ2v) is 38.2. The number of ether oxygens (including phenoxy) is 3. The Morgan fingerprint density at radius 1 is 0.439 bits per heavy atom. The number of carbonyl (C=O) groups excluding carboxylic acids is 6. The van der Waals surface area contributed by atoms with Crippen molar-refractivity contribution in [1.82, 2.24) is 12.9 Å². The van der Waals surface area contributed by atoms with E-state index in [9.17, 15) is 54.0 Å². The molecular formula is C88H94N6O15S5.